The van der Waals surface area contributed by atoms with Gasteiger partial charge >= 0.3 is 5.97 Å². The first-order valence-corrected chi connectivity index (χ1v) is 6.58. The minimum atomic E-state index is -0.594. The Hall–Kier alpha value is -1.42. The van der Waals surface area contributed by atoms with Crippen LogP contribution in [0.25, 0.3) is 0 Å². The molecule has 0 saturated carbocycles. The standard InChI is InChI=1S/C15H19FO3/c1-9-4-5-13(14(16)6-9)15(17)19-12-7-10(2)18-11(3)8-12/h4-6,10-12H,7-8H2,1-3H3. The molecule has 1 aliphatic rings. The number of rotatable bonds is 2. The highest BCUT2D eigenvalue weighted by atomic mass is 19.1. The largest absolute Gasteiger partial charge is 0.459 e. The summed E-state index contributed by atoms with van der Waals surface area (Å²) in [4.78, 5) is 12.0. The SMILES string of the molecule is Cc1ccc(C(=O)OC2CC(C)OC(C)C2)c(F)c1. The third kappa shape index (κ3) is 3.53. The van der Waals surface area contributed by atoms with Crippen molar-refractivity contribution in [2.24, 2.45) is 0 Å². The lowest BCUT2D eigenvalue weighted by Gasteiger charge is -2.31. The Bertz CT molecular complexity index is 462. The third-order valence-electron chi connectivity index (χ3n) is 3.27. The summed E-state index contributed by atoms with van der Waals surface area (Å²) < 4.78 is 24.6. The molecular weight excluding hydrogens is 247 g/mol. The lowest BCUT2D eigenvalue weighted by Crippen LogP contribution is -2.35. The van der Waals surface area contributed by atoms with Crippen LogP contribution in [0.2, 0.25) is 0 Å². The second-order valence-electron chi connectivity index (χ2n) is 5.24. The molecule has 1 aliphatic heterocycles. The van der Waals surface area contributed by atoms with Gasteiger partial charge in [-0.25, -0.2) is 9.18 Å². The van der Waals surface area contributed by atoms with Gasteiger partial charge in [-0.15, -0.1) is 0 Å². The molecule has 1 aromatic carbocycles. The molecule has 3 nitrogen and oxygen atoms in total. The predicted molar refractivity (Wildman–Crippen MR) is 69.6 cm³/mol. The topological polar surface area (TPSA) is 35.5 Å². The van der Waals surface area contributed by atoms with Gasteiger partial charge in [-0.05, 0) is 38.5 Å². The van der Waals surface area contributed by atoms with Crippen LogP contribution in [0.15, 0.2) is 18.2 Å². The van der Waals surface area contributed by atoms with Crippen molar-refractivity contribution in [3.63, 3.8) is 0 Å². The van der Waals surface area contributed by atoms with E-state index in [0.717, 1.165) is 5.56 Å². The van der Waals surface area contributed by atoms with Gasteiger partial charge in [0.1, 0.15) is 11.9 Å². The Labute approximate surface area is 112 Å². The van der Waals surface area contributed by atoms with E-state index < -0.39 is 11.8 Å². The zero-order chi connectivity index (χ0) is 14.0. The van der Waals surface area contributed by atoms with E-state index in [1.165, 1.54) is 12.1 Å². The molecule has 19 heavy (non-hydrogen) atoms. The number of benzene rings is 1. The first-order chi connectivity index (χ1) is 8.95. The van der Waals surface area contributed by atoms with Crippen LogP contribution in [0.5, 0.6) is 0 Å². The molecule has 2 atom stereocenters. The molecule has 0 bridgehead atoms. The summed E-state index contributed by atoms with van der Waals surface area (Å²) in [5.74, 6) is -1.12. The third-order valence-corrected chi connectivity index (χ3v) is 3.27. The van der Waals surface area contributed by atoms with E-state index in [1.54, 1.807) is 13.0 Å². The monoisotopic (exact) mass is 266 g/mol. The molecule has 0 radical (unpaired) electrons. The zero-order valence-electron chi connectivity index (χ0n) is 11.5. The molecule has 2 rings (SSSR count). The fraction of sp³-hybridized carbons (Fsp3) is 0.533. The van der Waals surface area contributed by atoms with Gasteiger partial charge in [0.25, 0.3) is 0 Å². The lowest BCUT2D eigenvalue weighted by atomic mass is 10.0. The van der Waals surface area contributed by atoms with E-state index in [0.29, 0.717) is 12.8 Å². The van der Waals surface area contributed by atoms with Crippen molar-refractivity contribution in [3.05, 3.63) is 35.1 Å². The number of carbonyl (C=O) groups is 1. The highest BCUT2D eigenvalue weighted by Gasteiger charge is 2.28. The van der Waals surface area contributed by atoms with Crippen LogP contribution in [0.4, 0.5) is 4.39 Å². The number of ether oxygens (including phenoxy) is 2. The summed E-state index contributed by atoms with van der Waals surface area (Å²) in [6.45, 7) is 5.67. The van der Waals surface area contributed by atoms with Crippen LogP contribution in [0.3, 0.4) is 0 Å². The average Bonchev–Trinajstić information content (AvgIpc) is 2.26. The maximum atomic E-state index is 13.7. The molecule has 4 heteroatoms. The van der Waals surface area contributed by atoms with Crippen molar-refractivity contribution in [1.29, 1.82) is 0 Å². The first-order valence-electron chi connectivity index (χ1n) is 6.58. The second-order valence-corrected chi connectivity index (χ2v) is 5.24. The summed E-state index contributed by atoms with van der Waals surface area (Å²) in [6.07, 6.45) is 1.23. The first kappa shape index (κ1) is 14.0. The summed E-state index contributed by atoms with van der Waals surface area (Å²) in [5.41, 5.74) is 0.778. The smallest absolute Gasteiger partial charge is 0.341 e. The Morgan fingerprint density at radius 2 is 1.95 bits per heavy atom. The van der Waals surface area contributed by atoms with E-state index in [4.69, 9.17) is 9.47 Å². The highest BCUT2D eigenvalue weighted by Crippen LogP contribution is 2.23. The molecule has 1 aromatic rings. The summed E-state index contributed by atoms with van der Waals surface area (Å²) in [5, 5.41) is 0. The van der Waals surface area contributed by atoms with Crippen molar-refractivity contribution < 1.29 is 18.7 Å². The Morgan fingerprint density at radius 3 is 2.53 bits per heavy atom. The molecule has 0 amide bonds. The van der Waals surface area contributed by atoms with Crippen LogP contribution in [0.1, 0.15) is 42.6 Å². The fourth-order valence-electron chi connectivity index (χ4n) is 2.44. The molecular formula is C15H19FO3. The van der Waals surface area contributed by atoms with E-state index in [-0.39, 0.29) is 23.9 Å². The number of aryl methyl sites for hydroxylation is 1. The molecule has 0 spiro atoms. The quantitative estimate of drug-likeness (QED) is 0.771. The fourth-order valence-corrected chi connectivity index (χ4v) is 2.44. The summed E-state index contributed by atoms with van der Waals surface area (Å²) >= 11 is 0. The van der Waals surface area contributed by atoms with Crippen LogP contribution in [-0.2, 0) is 9.47 Å². The van der Waals surface area contributed by atoms with Gasteiger partial charge < -0.3 is 9.47 Å². The van der Waals surface area contributed by atoms with Crippen LogP contribution < -0.4 is 0 Å². The summed E-state index contributed by atoms with van der Waals surface area (Å²) in [7, 11) is 0. The van der Waals surface area contributed by atoms with Gasteiger partial charge in [-0.2, -0.15) is 0 Å². The molecule has 1 saturated heterocycles. The normalized spacial score (nSPS) is 27.1. The zero-order valence-corrected chi connectivity index (χ0v) is 11.5. The van der Waals surface area contributed by atoms with Gasteiger partial charge in [-0.3, -0.25) is 0 Å². The number of halogens is 1. The minimum absolute atomic E-state index is 0.00241. The summed E-state index contributed by atoms with van der Waals surface area (Å²) in [6, 6.07) is 4.51. The van der Waals surface area contributed by atoms with E-state index in [1.807, 2.05) is 13.8 Å². The number of hydrogen-bond donors (Lipinski definition) is 0. The maximum absolute atomic E-state index is 13.7. The Balaban J connectivity index is 2.04. The van der Waals surface area contributed by atoms with E-state index in [2.05, 4.69) is 0 Å². The Kier molecular flexibility index (Phi) is 4.20. The minimum Gasteiger partial charge on any atom is -0.459 e. The molecule has 1 heterocycles. The van der Waals surface area contributed by atoms with Crippen molar-refractivity contribution in [2.75, 3.05) is 0 Å². The van der Waals surface area contributed by atoms with Gasteiger partial charge in [0.05, 0.1) is 17.8 Å². The molecule has 104 valence electrons. The van der Waals surface area contributed by atoms with E-state index >= 15 is 0 Å². The molecule has 1 fully saturated rings. The second kappa shape index (κ2) is 5.70. The van der Waals surface area contributed by atoms with Gasteiger partial charge in [0.15, 0.2) is 0 Å². The molecule has 0 aliphatic carbocycles. The number of hydrogen-bond acceptors (Lipinski definition) is 3. The van der Waals surface area contributed by atoms with Crippen LogP contribution in [0, 0.1) is 12.7 Å². The average molecular weight is 266 g/mol. The molecule has 0 aromatic heterocycles. The predicted octanol–water partition coefficient (Wildman–Crippen LogP) is 3.25. The van der Waals surface area contributed by atoms with Gasteiger partial charge in [0, 0.05) is 12.8 Å². The van der Waals surface area contributed by atoms with Crippen LogP contribution in [-0.4, -0.2) is 24.3 Å². The maximum Gasteiger partial charge on any atom is 0.341 e. The van der Waals surface area contributed by atoms with E-state index in [9.17, 15) is 9.18 Å². The van der Waals surface area contributed by atoms with Crippen molar-refractivity contribution in [1.82, 2.24) is 0 Å². The molecule has 0 N–H and O–H groups in total. The number of carbonyl (C=O) groups excluding carboxylic acids is 1. The van der Waals surface area contributed by atoms with Crippen LogP contribution >= 0.6 is 0 Å². The van der Waals surface area contributed by atoms with Crippen molar-refractivity contribution in [3.8, 4) is 0 Å². The van der Waals surface area contributed by atoms with Crippen molar-refractivity contribution >= 4 is 5.97 Å². The number of esters is 1. The Morgan fingerprint density at radius 1 is 1.32 bits per heavy atom. The lowest BCUT2D eigenvalue weighted by molar-refractivity contribution is -0.0856. The van der Waals surface area contributed by atoms with Crippen molar-refractivity contribution in [2.45, 2.75) is 51.9 Å². The molecule has 2 unspecified atom stereocenters. The van der Waals surface area contributed by atoms with Gasteiger partial charge in [0.2, 0.25) is 0 Å². The highest BCUT2D eigenvalue weighted by molar-refractivity contribution is 5.89. The van der Waals surface area contributed by atoms with Gasteiger partial charge in [-0.1, -0.05) is 6.07 Å².